The number of halogens is 2. The van der Waals surface area contributed by atoms with Crippen LogP contribution < -0.4 is 14.8 Å². The normalized spacial score (nSPS) is 20.1. The maximum Gasteiger partial charge on any atom is 0.123 e. The fourth-order valence-electron chi connectivity index (χ4n) is 4.23. The first-order chi connectivity index (χ1) is 11.3. The van der Waals surface area contributed by atoms with Gasteiger partial charge in [-0.2, -0.15) is 0 Å². The van der Waals surface area contributed by atoms with Gasteiger partial charge in [-0.3, -0.25) is 4.90 Å². The molecule has 0 unspecified atom stereocenters. The van der Waals surface area contributed by atoms with Crippen molar-refractivity contribution in [1.82, 2.24) is 10.2 Å². The highest BCUT2D eigenvalue weighted by molar-refractivity contribution is 5.85. The molecule has 1 heterocycles. The summed E-state index contributed by atoms with van der Waals surface area (Å²) in [6, 6.07) is 6.70. The molecule has 2 fully saturated rings. The summed E-state index contributed by atoms with van der Waals surface area (Å²) in [5.41, 5.74) is 1.31. The Balaban J connectivity index is 0.00000156. The van der Waals surface area contributed by atoms with E-state index in [1.54, 1.807) is 14.2 Å². The highest BCUT2D eigenvalue weighted by Crippen LogP contribution is 2.42. The Labute approximate surface area is 164 Å². The van der Waals surface area contributed by atoms with Crippen LogP contribution in [0.2, 0.25) is 0 Å². The average molecular weight is 391 g/mol. The third-order valence-corrected chi connectivity index (χ3v) is 5.40. The van der Waals surface area contributed by atoms with Crippen LogP contribution in [-0.2, 0) is 0 Å². The van der Waals surface area contributed by atoms with Crippen molar-refractivity contribution in [2.75, 3.05) is 40.4 Å². The maximum absolute atomic E-state index is 5.71. The molecule has 1 N–H and O–H groups in total. The summed E-state index contributed by atoms with van der Waals surface area (Å²) >= 11 is 0. The SMILES string of the molecule is COc1ccc(OC)c([C@@H](C2CCCCC2)N2CCNCC2)c1.Cl.Cl. The lowest BCUT2D eigenvalue weighted by atomic mass is 9.79. The van der Waals surface area contributed by atoms with E-state index in [0.717, 1.165) is 43.6 Å². The van der Waals surface area contributed by atoms with Gasteiger partial charge in [-0.1, -0.05) is 19.3 Å². The first-order valence-corrected chi connectivity index (χ1v) is 9.00. The van der Waals surface area contributed by atoms with Crippen LogP contribution in [0.5, 0.6) is 11.5 Å². The number of rotatable bonds is 5. The van der Waals surface area contributed by atoms with Crippen LogP contribution in [0.4, 0.5) is 0 Å². The summed E-state index contributed by atoms with van der Waals surface area (Å²) < 4.78 is 11.2. The molecule has 1 saturated heterocycles. The summed E-state index contributed by atoms with van der Waals surface area (Å²) in [5.74, 6) is 2.65. The second-order valence-corrected chi connectivity index (χ2v) is 6.74. The van der Waals surface area contributed by atoms with E-state index < -0.39 is 0 Å². The molecule has 25 heavy (non-hydrogen) atoms. The number of benzene rings is 1. The quantitative estimate of drug-likeness (QED) is 0.820. The van der Waals surface area contributed by atoms with Crippen LogP contribution in [0.15, 0.2) is 18.2 Å². The van der Waals surface area contributed by atoms with E-state index in [0.29, 0.717) is 6.04 Å². The zero-order valence-electron chi connectivity index (χ0n) is 15.3. The molecule has 3 rings (SSSR count). The minimum absolute atomic E-state index is 0. The second-order valence-electron chi connectivity index (χ2n) is 6.74. The predicted molar refractivity (Wildman–Crippen MR) is 108 cm³/mol. The van der Waals surface area contributed by atoms with Gasteiger partial charge in [0.1, 0.15) is 11.5 Å². The largest absolute Gasteiger partial charge is 0.497 e. The lowest BCUT2D eigenvalue weighted by Gasteiger charge is -2.41. The maximum atomic E-state index is 5.71. The predicted octanol–water partition coefficient (Wildman–Crippen LogP) is 4.07. The third-order valence-electron chi connectivity index (χ3n) is 5.40. The van der Waals surface area contributed by atoms with Gasteiger partial charge in [-0.15, -0.1) is 24.8 Å². The molecule has 1 aliphatic heterocycles. The van der Waals surface area contributed by atoms with Crippen LogP contribution in [0.1, 0.15) is 43.7 Å². The van der Waals surface area contributed by atoms with E-state index >= 15 is 0 Å². The molecule has 1 saturated carbocycles. The van der Waals surface area contributed by atoms with Crippen LogP contribution in [0.3, 0.4) is 0 Å². The molecular weight excluding hydrogens is 359 g/mol. The second kappa shape index (κ2) is 11.1. The molecule has 0 aromatic heterocycles. The van der Waals surface area contributed by atoms with E-state index in [4.69, 9.17) is 9.47 Å². The molecule has 6 heteroatoms. The molecule has 1 atom stereocenters. The lowest BCUT2D eigenvalue weighted by molar-refractivity contribution is 0.101. The van der Waals surface area contributed by atoms with Gasteiger partial charge < -0.3 is 14.8 Å². The fraction of sp³-hybridized carbons (Fsp3) is 0.684. The van der Waals surface area contributed by atoms with Crippen LogP contribution in [-0.4, -0.2) is 45.3 Å². The molecule has 0 amide bonds. The smallest absolute Gasteiger partial charge is 0.123 e. The number of piperazine rings is 1. The Hall–Kier alpha value is -0.680. The summed E-state index contributed by atoms with van der Waals surface area (Å²) in [5, 5.41) is 3.48. The molecule has 1 aromatic rings. The Kier molecular flexibility index (Phi) is 9.95. The van der Waals surface area contributed by atoms with Gasteiger partial charge in [0, 0.05) is 37.8 Å². The minimum Gasteiger partial charge on any atom is -0.497 e. The van der Waals surface area contributed by atoms with Gasteiger partial charge in [0.2, 0.25) is 0 Å². The standard InChI is InChI=1S/C19H30N2O2.2ClH/c1-22-16-8-9-18(23-2)17(14-16)19(15-6-4-3-5-7-15)21-12-10-20-11-13-21;;/h8-9,14-15,19-20H,3-7,10-13H2,1-2H3;2*1H/t19-;;/m1../s1. The van der Waals surface area contributed by atoms with Crippen molar-refractivity contribution in [3.8, 4) is 11.5 Å². The first kappa shape index (κ1) is 22.4. The molecule has 1 aromatic carbocycles. The molecular formula is C19H32Cl2N2O2. The highest BCUT2D eigenvalue weighted by atomic mass is 35.5. The summed E-state index contributed by atoms with van der Waals surface area (Å²) in [7, 11) is 3.52. The number of methoxy groups -OCH3 is 2. The monoisotopic (exact) mass is 390 g/mol. The van der Waals surface area contributed by atoms with Crippen molar-refractivity contribution < 1.29 is 9.47 Å². The van der Waals surface area contributed by atoms with Gasteiger partial charge in [0.25, 0.3) is 0 Å². The van der Waals surface area contributed by atoms with Crippen LogP contribution in [0.25, 0.3) is 0 Å². The Morgan fingerprint density at radius 2 is 1.68 bits per heavy atom. The Morgan fingerprint density at radius 1 is 1.00 bits per heavy atom. The number of hydrogen-bond acceptors (Lipinski definition) is 4. The Bertz CT molecular complexity index is 486. The van der Waals surface area contributed by atoms with Crippen molar-refractivity contribution in [3.05, 3.63) is 23.8 Å². The van der Waals surface area contributed by atoms with Crippen LogP contribution in [0, 0.1) is 5.92 Å². The summed E-state index contributed by atoms with van der Waals surface area (Å²) in [6.07, 6.45) is 6.77. The lowest BCUT2D eigenvalue weighted by Crippen LogP contribution is -2.47. The zero-order valence-corrected chi connectivity index (χ0v) is 17.0. The minimum atomic E-state index is 0. The number of nitrogens with one attached hydrogen (secondary N) is 1. The molecule has 2 aliphatic rings. The van der Waals surface area contributed by atoms with Crippen LogP contribution >= 0.6 is 24.8 Å². The first-order valence-electron chi connectivity index (χ1n) is 9.00. The number of nitrogens with zero attached hydrogens (tertiary/aromatic N) is 1. The van der Waals surface area contributed by atoms with Crippen molar-refractivity contribution >= 4 is 24.8 Å². The molecule has 0 bridgehead atoms. The van der Waals surface area contributed by atoms with E-state index in [-0.39, 0.29) is 24.8 Å². The number of ether oxygens (including phenoxy) is 2. The average Bonchev–Trinajstić information content (AvgIpc) is 2.63. The van der Waals surface area contributed by atoms with Crippen molar-refractivity contribution in [1.29, 1.82) is 0 Å². The van der Waals surface area contributed by atoms with E-state index in [1.165, 1.54) is 37.7 Å². The molecule has 0 spiro atoms. The van der Waals surface area contributed by atoms with Crippen molar-refractivity contribution in [3.63, 3.8) is 0 Å². The van der Waals surface area contributed by atoms with Gasteiger partial charge in [0.05, 0.1) is 14.2 Å². The molecule has 1 aliphatic carbocycles. The molecule has 4 nitrogen and oxygen atoms in total. The summed E-state index contributed by atoms with van der Waals surface area (Å²) in [4.78, 5) is 2.66. The highest BCUT2D eigenvalue weighted by Gasteiger charge is 2.33. The van der Waals surface area contributed by atoms with Gasteiger partial charge in [0.15, 0.2) is 0 Å². The van der Waals surface area contributed by atoms with E-state index in [2.05, 4.69) is 22.3 Å². The van der Waals surface area contributed by atoms with Gasteiger partial charge in [-0.25, -0.2) is 0 Å². The van der Waals surface area contributed by atoms with Crippen molar-refractivity contribution in [2.24, 2.45) is 5.92 Å². The number of hydrogen-bond donors (Lipinski definition) is 1. The third kappa shape index (κ3) is 5.40. The van der Waals surface area contributed by atoms with E-state index in [1.807, 2.05) is 6.07 Å². The topological polar surface area (TPSA) is 33.7 Å². The van der Waals surface area contributed by atoms with Crippen molar-refractivity contribution in [2.45, 2.75) is 38.1 Å². The summed E-state index contributed by atoms with van der Waals surface area (Å²) in [6.45, 7) is 4.38. The zero-order chi connectivity index (χ0) is 16.1. The molecule has 144 valence electrons. The molecule has 0 radical (unpaired) electrons. The van der Waals surface area contributed by atoms with Gasteiger partial charge >= 0.3 is 0 Å². The fourth-order valence-corrected chi connectivity index (χ4v) is 4.23. The van der Waals surface area contributed by atoms with Gasteiger partial charge in [-0.05, 0) is 37.0 Å². The Morgan fingerprint density at radius 3 is 2.28 bits per heavy atom. The van der Waals surface area contributed by atoms with E-state index in [9.17, 15) is 0 Å².